The smallest absolute Gasteiger partial charge is 0.0301 e. The maximum absolute atomic E-state index is 2.43. The van der Waals surface area contributed by atoms with E-state index in [1.54, 1.807) is 0 Å². The largest absolute Gasteiger partial charge is 0.0625 e. The first-order chi connectivity index (χ1) is 4.33. The Hall–Kier alpha value is 0. The van der Waals surface area contributed by atoms with Gasteiger partial charge in [-0.05, 0) is 23.7 Å². The summed E-state index contributed by atoms with van der Waals surface area (Å²) >= 11 is 0. The maximum Gasteiger partial charge on any atom is -0.0301 e. The van der Waals surface area contributed by atoms with Crippen LogP contribution < -0.4 is 0 Å². The standard InChI is InChI=1S/C10H21/c1-8(2)9(3)7-10(4,5)6/h7-9H,1-6H3. The van der Waals surface area contributed by atoms with Gasteiger partial charge in [0.1, 0.15) is 0 Å². The molecule has 10 heavy (non-hydrogen) atoms. The molecule has 0 aliphatic heterocycles. The molecule has 0 aliphatic rings. The van der Waals surface area contributed by atoms with Gasteiger partial charge in [0.2, 0.25) is 0 Å². The van der Waals surface area contributed by atoms with E-state index in [9.17, 15) is 0 Å². The van der Waals surface area contributed by atoms with Crippen molar-refractivity contribution in [3.63, 3.8) is 0 Å². The third-order valence-corrected chi connectivity index (χ3v) is 1.81. The summed E-state index contributed by atoms with van der Waals surface area (Å²) in [5, 5.41) is 0. The van der Waals surface area contributed by atoms with E-state index in [0.29, 0.717) is 5.41 Å². The third kappa shape index (κ3) is 4.84. The molecule has 0 saturated heterocycles. The van der Waals surface area contributed by atoms with Crippen LogP contribution in [0.3, 0.4) is 0 Å². The molecule has 0 amide bonds. The molecule has 0 heterocycles. The molecular formula is C10H21. The van der Waals surface area contributed by atoms with Crippen LogP contribution in [0.2, 0.25) is 0 Å². The zero-order valence-corrected chi connectivity index (χ0v) is 8.23. The first kappa shape index (κ1) is 10.0. The Morgan fingerprint density at radius 3 is 1.50 bits per heavy atom. The van der Waals surface area contributed by atoms with E-state index in [-0.39, 0.29) is 0 Å². The zero-order chi connectivity index (χ0) is 8.36. The van der Waals surface area contributed by atoms with Gasteiger partial charge in [-0.2, -0.15) is 0 Å². The lowest BCUT2D eigenvalue weighted by atomic mass is 9.81. The Balaban J connectivity index is 3.68. The maximum atomic E-state index is 2.43. The summed E-state index contributed by atoms with van der Waals surface area (Å²) in [6.07, 6.45) is 2.43. The highest BCUT2D eigenvalue weighted by Gasteiger charge is 2.17. The van der Waals surface area contributed by atoms with Crippen LogP contribution in [-0.4, -0.2) is 0 Å². The molecule has 0 aromatic carbocycles. The molecule has 0 heteroatoms. The van der Waals surface area contributed by atoms with Crippen LogP contribution in [0.5, 0.6) is 0 Å². The summed E-state index contributed by atoms with van der Waals surface area (Å²) in [5.74, 6) is 1.51. The molecule has 0 aromatic rings. The van der Waals surface area contributed by atoms with Gasteiger partial charge in [-0.25, -0.2) is 0 Å². The Labute approximate surface area is 66.0 Å². The highest BCUT2D eigenvalue weighted by molar-refractivity contribution is 4.86. The van der Waals surface area contributed by atoms with E-state index in [1.165, 1.54) is 0 Å². The number of hydrogen-bond donors (Lipinski definition) is 0. The van der Waals surface area contributed by atoms with Crippen molar-refractivity contribution in [1.82, 2.24) is 0 Å². The monoisotopic (exact) mass is 141 g/mol. The third-order valence-electron chi connectivity index (χ3n) is 1.81. The van der Waals surface area contributed by atoms with Gasteiger partial charge in [0, 0.05) is 0 Å². The van der Waals surface area contributed by atoms with Crippen molar-refractivity contribution in [3.05, 3.63) is 6.42 Å². The van der Waals surface area contributed by atoms with Crippen LogP contribution in [0.4, 0.5) is 0 Å². The van der Waals surface area contributed by atoms with E-state index in [0.717, 1.165) is 11.8 Å². The fourth-order valence-corrected chi connectivity index (χ4v) is 0.981. The molecular weight excluding hydrogens is 120 g/mol. The topological polar surface area (TPSA) is 0 Å². The van der Waals surface area contributed by atoms with Crippen LogP contribution in [0, 0.1) is 23.7 Å². The average Bonchev–Trinajstić information content (AvgIpc) is 1.60. The van der Waals surface area contributed by atoms with Crippen molar-refractivity contribution in [2.75, 3.05) is 0 Å². The quantitative estimate of drug-likeness (QED) is 0.552. The zero-order valence-electron chi connectivity index (χ0n) is 8.23. The lowest BCUT2D eigenvalue weighted by Gasteiger charge is -2.25. The van der Waals surface area contributed by atoms with E-state index in [2.05, 4.69) is 48.0 Å². The summed E-state index contributed by atoms with van der Waals surface area (Å²) < 4.78 is 0. The van der Waals surface area contributed by atoms with Crippen molar-refractivity contribution in [3.8, 4) is 0 Å². The lowest BCUT2D eigenvalue weighted by Crippen LogP contribution is -2.15. The fraction of sp³-hybridized carbons (Fsp3) is 0.900. The summed E-state index contributed by atoms with van der Waals surface area (Å²) in [7, 11) is 0. The van der Waals surface area contributed by atoms with Gasteiger partial charge in [0.25, 0.3) is 0 Å². The lowest BCUT2D eigenvalue weighted by molar-refractivity contribution is 0.364. The van der Waals surface area contributed by atoms with Crippen molar-refractivity contribution in [1.29, 1.82) is 0 Å². The van der Waals surface area contributed by atoms with Crippen molar-refractivity contribution >= 4 is 0 Å². The molecule has 0 spiro atoms. The molecule has 0 nitrogen and oxygen atoms in total. The Morgan fingerprint density at radius 2 is 1.40 bits per heavy atom. The predicted molar refractivity (Wildman–Crippen MR) is 47.8 cm³/mol. The molecule has 61 valence electrons. The van der Waals surface area contributed by atoms with Crippen molar-refractivity contribution in [2.45, 2.75) is 41.5 Å². The number of hydrogen-bond acceptors (Lipinski definition) is 0. The fourth-order valence-electron chi connectivity index (χ4n) is 0.981. The van der Waals surface area contributed by atoms with Gasteiger partial charge >= 0.3 is 0 Å². The summed E-state index contributed by atoms with van der Waals surface area (Å²) in [6.45, 7) is 13.6. The van der Waals surface area contributed by atoms with E-state index in [1.807, 2.05) is 0 Å². The predicted octanol–water partition coefficient (Wildman–Crippen LogP) is 3.53. The van der Waals surface area contributed by atoms with Crippen LogP contribution in [0.1, 0.15) is 41.5 Å². The van der Waals surface area contributed by atoms with Crippen LogP contribution in [0.25, 0.3) is 0 Å². The highest BCUT2D eigenvalue weighted by atomic mass is 14.2. The van der Waals surface area contributed by atoms with Gasteiger partial charge in [-0.1, -0.05) is 41.5 Å². The number of rotatable bonds is 2. The summed E-state index contributed by atoms with van der Waals surface area (Å²) in [4.78, 5) is 0. The van der Waals surface area contributed by atoms with Gasteiger partial charge in [-0.15, -0.1) is 0 Å². The van der Waals surface area contributed by atoms with Crippen molar-refractivity contribution < 1.29 is 0 Å². The molecule has 1 atom stereocenters. The van der Waals surface area contributed by atoms with Gasteiger partial charge in [0.15, 0.2) is 0 Å². The first-order valence-corrected chi connectivity index (χ1v) is 4.19. The molecule has 0 saturated carbocycles. The van der Waals surface area contributed by atoms with Gasteiger partial charge < -0.3 is 0 Å². The second-order valence-corrected chi connectivity index (χ2v) is 4.64. The van der Waals surface area contributed by atoms with E-state index in [4.69, 9.17) is 0 Å². The molecule has 1 unspecified atom stereocenters. The second-order valence-electron chi connectivity index (χ2n) is 4.64. The Kier molecular flexibility index (Phi) is 3.41. The SMILES string of the molecule is CC(C)C(C)[CH]C(C)(C)C. The molecule has 0 aliphatic carbocycles. The normalized spacial score (nSPS) is 15.9. The molecule has 0 fully saturated rings. The minimum absolute atomic E-state index is 0.379. The second kappa shape index (κ2) is 3.41. The molecule has 0 rings (SSSR count). The molecule has 0 bridgehead atoms. The average molecular weight is 141 g/mol. The Bertz CT molecular complexity index is 84.7. The van der Waals surface area contributed by atoms with Crippen LogP contribution >= 0.6 is 0 Å². The summed E-state index contributed by atoms with van der Waals surface area (Å²) in [6, 6.07) is 0. The van der Waals surface area contributed by atoms with E-state index >= 15 is 0 Å². The van der Waals surface area contributed by atoms with Gasteiger partial charge in [-0.3, -0.25) is 0 Å². The first-order valence-electron chi connectivity index (χ1n) is 4.19. The molecule has 0 aromatic heterocycles. The Morgan fingerprint density at radius 1 is 1.00 bits per heavy atom. The van der Waals surface area contributed by atoms with Crippen molar-refractivity contribution in [2.24, 2.45) is 17.3 Å². The molecule has 1 radical (unpaired) electrons. The van der Waals surface area contributed by atoms with Crippen LogP contribution in [-0.2, 0) is 0 Å². The minimum Gasteiger partial charge on any atom is -0.0625 e. The molecule has 0 N–H and O–H groups in total. The van der Waals surface area contributed by atoms with Crippen LogP contribution in [0.15, 0.2) is 0 Å². The minimum atomic E-state index is 0.379. The van der Waals surface area contributed by atoms with E-state index < -0.39 is 0 Å². The van der Waals surface area contributed by atoms with Gasteiger partial charge in [0.05, 0.1) is 0 Å². The highest BCUT2D eigenvalue weighted by Crippen LogP contribution is 2.26. The summed E-state index contributed by atoms with van der Waals surface area (Å²) in [5.41, 5.74) is 0.379.